The van der Waals surface area contributed by atoms with E-state index >= 15 is 0 Å². The Hall–Kier alpha value is -7.59. The van der Waals surface area contributed by atoms with Crippen molar-refractivity contribution in [1.29, 1.82) is 0 Å². The largest absolute Gasteiger partial charge is 2.00 e. The maximum absolute atomic E-state index is 6.62. The van der Waals surface area contributed by atoms with Crippen LogP contribution in [0.15, 0.2) is 200 Å². The molecule has 0 saturated heterocycles. The van der Waals surface area contributed by atoms with Gasteiger partial charge in [0.15, 0.2) is 0 Å². The summed E-state index contributed by atoms with van der Waals surface area (Å²) in [7, 11) is 0. The third-order valence-corrected chi connectivity index (χ3v) is 12.1. The van der Waals surface area contributed by atoms with E-state index in [1.54, 1.807) is 0 Å². The third-order valence-electron chi connectivity index (χ3n) is 12.1. The van der Waals surface area contributed by atoms with Crippen LogP contribution in [0.1, 0.15) is 17.0 Å². The molecule has 0 bridgehead atoms. The molecule has 0 spiro atoms. The van der Waals surface area contributed by atoms with Crippen molar-refractivity contribution >= 4 is 21.8 Å². The first kappa shape index (κ1) is 41.4. The quantitative estimate of drug-likeness (QED) is 0.135. The van der Waals surface area contributed by atoms with Crippen LogP contribution in [0, 0.1) is 32.9 Å². The van der Waals surface area contributed by atoms with E-state index in [4.69, 9.17) is 14.8 Å². The number of hydrogen-bond acceptors (Lipinski definition) is 3. The number of aryl methyl sites for hydroxylation is 2. The molecule has 5 nitrogen and oxygen atoms in total. The maximum atomic E-state index is 6.62. The molecule has 0 saturated carbocycles. The van der Waals surface area contributed by atoms with Crippen LogP contribution in [0.25, 0.3) is 88.9 Å². The molecule has 0 aliphatic rings. The molecule has 0 fully saturated rings. The van der Waals surface area contributed by atoms with Gasteiger partial charge < -0.3 is 9.30 Å². The zero-order valence-corrected chi connectivity index (χ0v) is 38.3. The van der Waals surface area contributed by atoms with Gasteiger partial charge in [0.25, 0.3) is 0 Å². The fourth-order valence-electron chi connectivity index (χ4n) is 9.22. The van der Waals surface area contributed by atoms with Gasteiger partial charge in [-0.05, 0) is 106 Å². The standard InChI is InChI=1S/C59H42N4O.Pt/c1-39-33-34-60-55(35-39)62-53-30-17-16-29-49(53)50-32-31-48(37-54(50)62)64-47-28-18-27-46(36-47)63-41(3)56(40(2)61-63)59-57(44-23-12-6-13-24-44)51(42-19-8-4-9-20-42)38-52(43-21-10-5-11-22-43)58(59)45-25-14-7-15-26-45;/h4-35,38H,1-3H3;/q-2;+2. The second-order valence-corrected chi connectivity index (χ2v) is 16.1. The van der Waals surface area contributed by atoms with Crippen molar-refractivity contribution in [3.8, 4) is 78.6 Å². The summed E-state index contributed by atoms with van der Waals surface area (Å²) in [5.41, 5.74) is 17.1. The van der Waals surface area contributed by atoms with Gasteiger partial charge in [0, 0.05) is 40.0 Å². The van der Waals surface area contributed by atoms with E-state index in [0.29, 0.717) is 11.5 Å². The Kier molecular flexibility index (Phi) is 11.2. The van der Waals surface area contributed by atoms with E-state index in [9.17, 15) is 0 Å². The Bertz CT molecular complexity index is 3390. The van der Waals surface area contributed by atoms with Crippen molar-refractivity contribution in [2.75, 3.05) is 0 Å². The topological polar surface area (TPSA) is 44.9 Å². The molecule has 0 amide bonds. The molecule has 0 radical (unpaired) electrons. The Morgan fingerprint density at radius 2 is 1.05 bits per heavy atom. The molecule has 0 atom stereocenters. The molecule has 11 rings (SSSR count). The van der Waals surface area contributed by atoms with E-state index in [-0.39, 0.29) is 21.1 Å². The van der Waals surface area contributed by atoms with E-state index in [1.807, 2.05) is 41.2 Å². The second kappa shape index (κ2) is 17.5. The number of nitrogens with zero attached hydrogens (tertiary/aromatic N) is 4. The van der Waals surface area contributed by atoms with Gasteiger partial charge in [0.2, 0.25) is 0 Å². The van der Waals surface area contributed by atoms with Crippen molar-refractivity contribution in [3.05, 3.63) is 229 Å². The zero-order valence-electron chi connectivity index (χ0n) is 36.1. The Morgan fingerprint density at radius 1 is 0.477 bits per heavy atom. The van der Waals surface area contributed by atoms with E-state index in [1.165, 1.54) is 0 Å². The number of fused-ring (bicyclic) bond motifs is 3. The van der Waals surface area contributed by atoms with Crippen molar-refractivity contribution < 1.29 is 25.8 Å². The van der Waals surface area contributed by atoms with Crippen LogP contribution < -0.4 is 4.74 Å². The van der Waals surface area contributed by atoms with Gasteiger partial charge in [0.05, 0.1) is 5.69 Å². The summed E-state index contributed by atoms with van der Waals surface area (Å²) in [6.07, 6.45) is 1.85. The maximum Gasteiger partial charge on any atom is 2.00 e. The van der Waals surface area contributed by atoms with Crippen molar-refractivity contribution in [1.82, 2.24) is 19.3 Å². The van der Waals surface area contributed by atoms with Crippen molar-refractivity contribution in [2.24, 2.45) is 0 Å². The fraction of sp³-hybridized carbons (Fsp3) is 0.0508. The number of aromatic nitrogens is 4. The van der Waals surface area contributed by atoms with E-state index in [0.717, 1.165) is 106 Å². The fourth-order valence-corrected chi connectivity index (χ4v) is 9.22. The molecule has 0 N–H and O–H groups in total. The number of pyridine rings is 1. The molecule has 3 aromatic heterocycles. The average molecular weight is 1020 g/mol. The van der Waals surface area contributed by atoms with Crippen LogP contribution in [0.4, 0.5) is 0 Å². The number of para-hydroxylation sites is 1. The summed E-state index contributed by atoms with van der Waals surface area (Å²) in [4.78, 5) is 4.75. The summed E-state index contributed by atoms with van der Waals surface area (Å²) >= 11 is 0. The Labute approximate surface area is 393 Å². The predicted molar refractivity (Wildman–Crippen MR) is 261 cm³/mol. The first-order chi connectivity index (χ1) is 31.5. The SMILES string of the molecule is Cc1ccnc(-n2c3[c-]c(Oc4[c-]c(-n5nc(C)c(-c6c(-c7ccccc7)c(-c7ccccc7)cc(-c7ccccc7)c6-c6ccccc6)c5C)ccc4)ccc3c3ccccc32)c1.[Pt+2]. The molecule has 3 heterocycles. The van der Waals surface area contributed by atoms with Crippen molar-refractivity contribution in [3.63, 3.8) is 0 Å². The van der Waals surface area contributed by atoms with Crippen LogP contribution in [-0.4, -0.2) is 19.3 Å². The molecule has 0 unspecified atom stereocenters. The number of benzene rings is 8. The molecule has 65 heavy (non-hydrogen) atoms. The minimum Gasteiger partial charge on any atom is -0.509 e. The van der Waals surface area contributed by atoms with Crippen LogP contribution in [-0.2, 0) is 21.1 Å². The Morgan fingerprint density at radius 3 is 1.66 bits per heavy atom. The van der Waals surface area contributed by atoms with Gasteiger partial charge >= 0.3 is 21.1 Å². The van der Waals surface area contributed by atoms with Crippen LogP contribution in [0.5, 0.6) is 11.5 Å². The molecule has 11 aromatic rings. The van der Waals surface area contributed by atoms with Crippen LogP contribution in [0.2, 0.25) is 0 Å². The molecular formula is C59H42N4OPt. The summed E-state index contributed by atoms with van der Waals surface area (Å²) < 4.78 is 10.8. The zero-order chi connectivity index (χ0) is 43.1. The average Bonchev–Trinajstić information content (AvgIpc) is 3.83. The number of ether oxygens (including phenoxy) is 1. The summed E-state index contributed by atoms with van der Waals surface area (Å²) in [6.45, 7) is 6.37. The first-order valence-electron chi connectivity index (χ1n) is 21.6. The molecule has 8 aromatic carbocycles. The van der Waals surface area contributed by atoms with Gasteiger partial charge in [0.1, 0.15) is 5.82 Å². The molecular weight excluding hydrogens is 976 g/mol. The van der Waals surface area contributed by atoms with Gasteiger partial charge in [-0.25, -0.2) is 4.98 Å². The van der Waals surface area contributed by atoms with Crippen LogP contribution >= 0.6 is 0 Å². The van der Waals surface area contributed by atoms with E-state index in [2.05, 4.69) is 201 Å². The summed E-state index contributed by atoms with van der Waals surface area (Å²) in [6, 6.07) is 75.1. The van der Waals surface area contributed by atoms with E-state index < -0.39 is 0 Å². The van der Waals surface area contributed by atoms with Gasteiger partial charge in [-0.1, -0.05) is 145 Å². The van der Waals surface area contributed by atoms with Crippen LogP contribution in [0.3, 0.4) is 0 Å². The molecule has 0 aliphatic carbocycles. The second-order valence-electron chi connectivity index (χ2n) is 16.1. The smallest absolute Gasteiger partial charge is 0.509 e. The molecule has 314 valence electrons. The normalized spacial score (nSPS) is 11.2. The number of rotatable bonds is 9. The van der Waals surface area contributed by atoms with Gasteiger partial charge in [-0.3, -0.25) is 4.68 Å². The third kappa shape index (κ3) is 7.58. The number of hydrogen-bond donors (Lipinski definition) is 0. The Balaban J connectivity index is 0.00000498. The predicted octanol–water partition coefficient (Wildman–Crippen LogP) is 15.0. The minimum atomic E-state index is 0. The van der Waals surface area contributed by atoms with Crippen molar-refractivity contribution in [2.45, 2.75) is 20.8 Å². The van der Waals surface area contributed by atoms with Gasteiger partial charge in [-0.15, -0.1) is 35.7 Å². The molecule has 0 aliphatic heterocycles. The first-order valence-corrected chi connectivity index (χ1v) is 21.6. The monoisotopic (exact) mass is 1020 g/mol. The molecule has 6 heteroatoms. The summed E-state index contributed by atoms with van der Waals surface area (Å²) in [5, 5.41) is 7.52. The summed E-state index contributed by atoms with van der Waals surface area (Å²) in [5.74, 6) is 1.98. The van der Waals surface area contributed by atoms with Gasteiger partial charge in [-0.2, -0.15) is 17.2 Å². The minimum absolute atomic E-state index is 0.